The van der Waals surface area contributed by atoms with Crippen molar-refractivity contribution in [2.24, 2.45) is 0 Å². The normalized spacial score (nSPS) is 12.7. The minimum absolute atomic E-state index is 0.517. The highest BCUT2D eigenvalue weighted by Crippen LogP contribution is 2.57. The fraction of sp³-hybridized carbons (Fsp3) is 0.0159. The number of nitrogens with zero attached hydrogens (tertiary/aromatic N) is 2. The Kier molecular flexibility index (Phi) is 8.97. The van der Waals surface area contributed by atoms with Crippen LogP contribution in [0.4, 0.5) is 17.1 Å². The van der Waals surface area contributed by atoms with Crippen molar-refractivity contribution in [1.29, 1.82) is 0 Å². The molecule has 0 unspecified atom stereocenters. The van der Waals surface area contributed by atoms with E-state index in [9.17, 15) is 0 Å². The first-order valence-corrected chi connectivity index (χ1v) is 23.5. The predicted octanol–water partition coefficient (Wildman–Crippen LogP) is 17.2. The highest BCUT2D eigenvalue weighted by molar-refractivity contribution is 7.27. The lowest BCUT2D eigenvalue weighted by Gasteiger charge is -2.35. The lowest BCUT2D eigenvalue weighted by atomic mass is 9.67. The number of para-hydroxylation sites is 2. The molecule has 66 heavy (non-hydrogen) atoms. The van der Waals surface area contributed by atoms with Crippen LogP contribution in [0.2, 0.25) is 0 Å². The monoisotopic (exact) mass is 858 g/mol. The van der Waals surface area contributed by atoms with E-state index < -0.39 is 5.41 Å². The van der Waals surface area contributed by atoms with Gasteiger partial charge in [-0.1, -0.05) is 200 Å². The molecule has 310 valence electrons. The maximum atomic E-state index is 2.47. The molecule has 0 spiro atoms. The number of thiophene rings is 1. The molecule has 0 amide bonds. The number of hydrogen-bond acceptors (Lipinski definition) is 2. The molecule has 1 aliphatic carbocycles. The molecular formula is C63H42N2S. The van der Waals surface area contributed by atoms with Crippen molar-refractivity contribution in [3.8, 4) is 39.1 Å². The highest BCUT2D eigenvalue weighted by atomic mass is 32.1. The summed E-state index contributed by atoms with van der Waals surface area (Å²) < 4.78 is 5.05. The highest BCUT2D eigenvalue weighted by Gasteiger charge is 2.46. The summed E-state index contributed by atoms with van der Waals surface area (Å²) in [6, 6.07) is 93.6. The lowest BCUT2D eigenvalue weighted by molar-refractivity contribution is 0.768. The Hall–Kier alpha value is -8.24. The summed E-state index contributed by atoms with van der Waals surface area (Å²) in [4.78, 5) is 2.45. The third-order valence-corrected chi connectivity index (χ3v) is 14.9. The third kappa shape index (κ3) is 5.87. The standard InChI is InChI=1S/C63H42N2S/c1-5-19-43(20-6-1)44-35-37-49(38-36-44)64(51-39-40-54-53-29-13-15-33-57(53)63(58(54)42-51,46-22-7-2-8-23-46)47-24-9-3-10-25-47)50-28-17-21-45(41-50)52-31-18-32-56-60-62(66-61(52)56)55-30-14-16-34-59(55)65(60)48-26-11-4-12-27-48/h1-42H. The van der Waals surface area contributed by atoms with Gasteiger partial charge in [-0.15, -0.1) is 11.3 Å². The van der Waals surface area contributed by atoms with Crippen LogP contribution in [0.3, 0.4) is 0 Å². The Morgan fingerprint density at radius 3 is 1.65 bits per heavy atom. The van der Waals surface area contributed by atoms with Crippen molar-refractivity contribution in [2.45, 2.75) is 5.41 Å². The summed E-state index contributed by atoms with van der Waals surface area (Å²) in [5.74, 6) is 0. The van der Waals surface area contributed by atoms with E-state index in [-0.39, 0.29) is 0 Å². The molecule has 2 heterocycles. The van der Waals surface area contributed by atoms with Gasteiger partial charge in [0.15, 0.2) is 0 Å². The van der Waals surface area contributed by atoms with E-state index in [1.165, 1.54) is 92.5 Å². The maximum absolute atomic E-state index is 2.47. The first-order valence-electron chi connectivity index (χ1n) is 22.7. The van der Waals surface area contributed by atoms with Crippen LogP contribution in [0.25, 0.3) is 70.3 Å². The predicted molar refractivity (Wildman–Crippen MR) is 279 cm³/mol. The zero-order valence-corrected chi connectivity index (χ0v) is 36.9. The Morgan fingerprint density at radius 2 is 0.894 bits per heavy atom. The van der Waals surface area contributed by atoms with Crippen LogP contribution in [0.1, 0.15) is 22.3 Å². The van der Waals surface area contributed by atoms with Crippen LogP contribution in [0.5, 0.6) is 0 Å². The number of rotatable bonds is 8. The van der Waals surface area contributed by atoms with Gasteiger partial charge in [0.05, 0.1) is 21.1 Å². The Labute approximate surface area is 388 Å². The molecule has 2 aromatic heterocycles. The van der Waals surface area contributed by atoms with Crippen molar-refractivity contribution in [3.05, 3.63) is 277 Å². The summed E-state index contributed by atoms with van der Waals surface area (Å²) in [5, 5.41) is 2.55. The molecule has 10 aromatic carbocycles. The van der Waals surface area contributed by atoms with E-state index in [1.807, 2.05) is 11.3 Å². The van der Waals surface area contributed by atoms with Crippen LogP contribution in [0, 0.1) is 0 Å². The van der Waals surface area contributed by atoms with Crippen LogP contribution >= 0.6 is 11.3 Å². The summed E-state index contributed by atoms with van der Waals surface area (Å²) in [7, 11) is 0. The smallest absolute Gasteiger partial charge is 0.0727 e. The lowest BCUT2D eigenvalue weighted by Crippen LogP contribution is -2.28. The van der Waals surface area contributed by atoms with E-state index in [1.54, 1.807) is 0 Å². The van der Waals surface area contributed by atoms with Gasteiger partial charge in [0.1, 0.15) is 0 Å². The van der Waals surface area contributed by atoms with Crippen LogP contribution in [0.15, 0.2) is 255 Å². The topological polar surface area (TPSA) is 8.17 Å². The van der Waals surface area contributed by atoms with Gasteiger partial charge in [0.2, 0.25) is 0 Å². The Bertz CT molecular complexity index is 3700. The van der Waals surface area contributed by atoms with E-state index in [0.717, 1.165) is 17.1 Å². The second kappa shape index (κ2) is 15.5. The van der Waals surface area contributed by atoms with Crippen molar-refractivity contribution >= 4 is 59.6 Å². The number of aromatic nitrogens is 1. The molecule has 0 saturated heterocycles. The Morgan fingerprint density at radius 1 is 0.348 bits per heavy atom. The fourth-order valence-corrected chi connectivity index (χ4v) is 12.2. The van der Waals surface area contributed by atoms with Gasteiger partial charge in [-0.25, -0.2) is 0 Å². The van der Waals surface area contributed by atoms with Gasteiger partial charge in [-0.3, -0.25) is 0 Å². The molecule has 0 bridgehead atoms. The number of fused-ring (bicyclic) bond motifs is 8. The molecule has 0 fully saturated rings. The minimum atomic E-state index is -0.517. The maximum Gasteiger partial charge on any atom is 0.0727 e. The molecule has 1 aliphatic rings. The van der Waals surface area contributed by atoms with Crippen molar-refractivity contribution in [1.82, 2.24) is 4.57 Å². The largest absolute Gasteiger partial charge is 0.310 e. The van der Waals surface area contributed by atoms with Gasteiger partial charge >= 0.3 is 0 Å². The molecule has 0 aliphatic heterocycles. The number of anilines is 3. The number of benzene rings is 10. The van der Waals surface area contributed by atoms with E-state index >= 15 is 0 Å². The van der Waals surface area contributed by atoms with Gasteiger partial charge in [0, 0.05) is 38.2 Å². The molecular weight excluding hydrogens is 817 g/mol. The molecule has 0 saturated carbocycles. The SMILES string of the molecule is c1ccc(-c2ccc(N(c3cccc(-c4cccc5c4sc4c6ccccc6n(-c6ccccc6)c54)c3)c3ccc4c(c3)C(c3ccccc3)(c3ccccc3)c3ccccc3-4)cc2)cc1. The number of hydrogen-bond donors (Lipinski definition) is 0. The second-order valence-electron chi connectivity index (χ2n) is 17.2. The zero-order chi connectivity index (χ0) is 43.6. The summed E-state index contributed by atoms with van der Waals surface area (Å²) in [6.45, 7) is 0. The Balaban J connectivity index is 1.02. The van der Waals surface area contributed by atoms with Crippen molar-refractivity contribution in [3.63, 3.8) is 0 Å². The average Bonchev–Trinajstić information content (AvgIpc) is 4.03. The van der Waals surface area contributed by atoms with Crippen LogP contribution in [-0.2, 0) is 5.41 Å². The van der Waals surface area contributed by atoms with Gasteiger partial charge in [-0.05, 0) is 110 Å². The second-order valence-corrected chi connectivity index (χ2v) is 18.2. The molecule has 3 heteroatoms. The van der Waals surface area contributed by atoms with Gasteiger partial charge < -0.3 is 9.47 Å². The average molecular weight is 859 g/mol. The molecule has 0 atom stereocenters. The first kappa shape index (κ1) is 38.2. The van der Waals surface area contributed by atoms with Crippen LogP contribution in [-0.4, -0.2) is 4.57 Å². The molecule has 12 aromatic rings. The fourth-order valence-electron chi connectivity index (χ4n) is 10.8. The third-order valence-electron chi connectivity index (χ3n) is 13.7. The van der Waals surface area contributed by atoms with E-state index in [4.69, 9.17) is 0 Å². The minimum Gasteiger partial charge on any atom is -0.310 e. The zero-order valence-electron chi connectivity index (χ0n) is 36.1. The van der Waals surface area contributed by atoms with Crippen LogP contribution < -0.4 is 4.90 Å². The van der Waals surface area contributed by atoms with E-state index in [0.29, 0.717) is 0 Å². The quantitative estimate of drug-likeness (QED) is 0.148. The van der Waals surface area contributed by atoms with Gasteiger partial charge in [-0.2, -0.15) is 0 Å². The van der Waals surface area contributed by atoms with Gasteiger partial charge in [0.25, 0.3) is 0 Å². The molecule has 0 radical (unpaired) electrons. The molecule has 2 nitrogen and oxygen atoms in total. The van der Waals surface area contributed by atoms with E-state index in [2.05, 4.69) is 264 Å². The first-order chi connectivity index (χ1) is 32.8. The summed E-state index contributed by atoms with van der Waals surface area (Å²) in [5.41, 5.74) is 18.9. The molecule has 13 rings (SSSR count). The summed E-state index contributed by atoms with van der Waals surface area (Å²) >= 11 is 1.90. The molecule has 0 N–H and O–H groups in total. The summed E-state index contributed by atoms with van der Waals surface area (Å²) in [6.07, 6.45) is 0. The van der Waals surface area contributed by atoms with Crippen molar-refractivity contribution in [2.75, 3.05) is 4.90 Å². The van der Waals surface area contributed by atoms with Crippen molar-refractivity contribution < 1.29 is 0 Å².